The van der Waals surface area contributed by atoms with Crippen molar-refractivity contribution in [1.82, 2.24) is 5.32 Å². The van der Waals surface area contributed by atoms with Crippen molar-refractivity contribution in [2.75, 3.05) is 18.5 Å². The molecule has 0 radical (unpaired) electrons. The molecular weight excluding hydrogens is 382 g/mol. The Morgan fingerprint density at radius 2 is 1.68 bits per heavy atom. The first-order valence-electron chi connectivity index (χ1n) is 8.84. The smallest absolute Gasteiger partial charge is 0.319 e. The standard InChI is InChI=1S/C19H23N3O5S/c1-12(2)18(13-3-8-16-17(11-13)27-10-9-26-16)22-19(23)21-14-4-6-15(7-5-14)28(20,24)25/h3-8,11-12,18H,9-10H2,1-2H3,(H2,20,24,25)(H2,21,22,23). The van der Waals surface area contributed by atoms with Crippen LogP contribution in [-0.4, -0.2) is 27.7 Å². The number of hydrogen-bond acceptors (Lipinski definition) is 5. The molecule has 0 saturated heterocycles. The van der Waals surface area contributed by atoms with Crippen LogP contribution < -0.4 is 25.2 Å². The number of ether oxygens (including phenoxy) is 2. The third kappa shape index (κ3) is 4.73. The van der Waals surface area contributed by atoms with Gasteiger partial charge in [-0.05, 0) is 47.9 Å². The van der Waals surface area contributed by atoms with Crippen molar-refractivity contribution in [2.45, 2.75) is 24.8 Å². The molecule has 1 heterocycles. The molecule has 0 bridgehead atoms. The number of nitrogens with two attached hydrogens (primary N) is 1. The maximum Gasteiger partial charge on any atom is 0.319 e. The van der Waals surface area contributed by atoms with Crippen molar-refractivity contribution in [1.29, 1.82) is 0 Å². The minimum Gasteiger partial charge on any atom is -0.486 e. The first-order chi connectivity index (χ1) is 13.2. The zero-order valence-corrected chi connectivity index (χ0v) is 16.5. The van der Waals surface area contributed by atoms with Crippen LogP contribution >= 0.6 is 0 Å². The fraction of sp³-hybridized carbons (Fsp3) is 0.316. The fourth-order valence-electron chi connectivity index (χ4n) is 2.92. The van der Waals surface area contributed by atoms with E-state index < -0.39 is 16.1 Å². The molecule has 150 valence electrons. The van der Waals surface area contributed by atoms with Gasteiger partial charge in [0.15, 0.2) is 11.5 Å². The molecule has 28 heavy (non-hydrogen) atoms. The maximum absolute atomic E-state index is 12.5. The molecule has 2 aromatic rings. The number of hydrogen-bond donors (Lipinski definition) is 3. The number of urea groups is 1. The molecule has 4 N–H and O–H groups in total. The molecule has 0 saturated carbocycles. The number of benzene rings is 2. The highest BCUT2D eigenvalue weighted by molar-refractivity contribution is 7.89. The van der Waals surface area contributed by atoms with Gasteiger partial charge in [-0.3, -0.25) is 0 Å². The zero-order valence-electron chi connectivity index (χ0n) is 15.6. The van der Waals surface area contributed by atoms with Crippen LogP contribution in [0, 0.1) is 5.92 Å². The lowest BCUT2D eigenvalue weighted by Crippen LogP contribution is -2.35. The van der Waals surface area contributed by atoms with Gasteiger partial charge in [0.2, 0.25) is 10.0 Å². The van der Waals surface area contributed by atoms with E-state index >= 15 is 0 Å². The number of carbonyl (C=O) groups excluding carboxylic acids is 1. The Labute approximate surface area is 164 Å². The van der Waals surface area contributed by atoms with Crippen LogP contribution in [0.5, 0.6) is 11.5 Å². The van der Waals surface area contributed by atoms with Crippen LogP contribution in [0.25, 0.3) is 0 Å². The van der Waals surface area contributed by atoms with Crippen LogP contribution in [0.1, 0.15) is 25.5 Å². The average Bonchev–Trinajstić information content (AvgIpc) is 2.65. The van der Waals surface area contributed by atoms with E-state index in [0.29, 0.717) is 30.4 Å². The van der Waals surface area contributed by atoms with Crippen LogP contribution in [-0.2, 0) is 10.0 Å². The van der Waals surface area contributed by atoms with E-state index in [0.717, 1.165) is 5.56 Å². The molecule has 8 nitrogen and oxygen atoms in total. The lowest BCUT2D eigenvalue weighted by molar-refractivity contribution is 0.171. The lowest BCUT2D eigenvalue weighted by Gasteiger charge is -2.25. The van der Waals surface area contributed by atoms with Gasteiger partial charge < -0.3 is 20.1 Å². The normalized spacial score (nSPS) is 14.4. The van der Waals surface area contributed by atoms with Gasteiger partial charge in [-0.25, -0.2) is 18.4 Å². The Balaban J connectivity index is 1.71. The highest BCUT2D eigenvalue weighted by Gasteiger charge is 2.21. The quantitative estimate of drug-likeness (QED) is 0.706. The predicted octanol–water partition coefficient (Wildman–Crippen LogP) is 2.62. The highest BCUT2D eigenvalue weighted by Crippen LogP contribution is 2.34. The van der Waals surface area contributed by atoms with Crippen molar-refractivity contribution in [2.24, 2.45) is 11.1 Å². The van der Waals surface area contributed by atoms with Gasteiger partial charge in [0.1, 0.15) is 13.2 Å². The topological polar surface area (TPSA) is 120 Å². The van der Waals surface area contributed by atoms with E-state index in [2.05, 4.69) is 10.6 Å². The summed E-state index contributed by atoms with van der Waals surface area (Å²) in [6.45, 7) is 5.02. The van der Waals surface area contributed by atoms with E-state index in [9.17, 15) is 13.2 Å². The molecule has 0 aliphatic carbocycles. The highest BCUT2D eigenvalue weighted by atomic mass is 32.2. The van der Waals surface area contributed by atoms with Crippen LogP contribution in [0.3, 0.4) is 0 Å². The van der Waals surface area contributed by atoms with Crippen molar-refractivity contribution >= 4 is 21.7 Å². The van der Waals surface area contributed by atoms with Crippen LogP contribution in [0.2, 0.25) is 0 Å². The van der Waals surface area contributed by atoms with E-state index in [4.69, 9.17) is 14.6 Å². The second-order valence-corrected chi connectivity index (χ2v) is 8.35. The molecule has 0 aromatic heterocycles. The summed E-state index contributed by atoms with van der Waals surface area (Å²) in [5.41, 5.74) is 1.36. The fourth-order valence-corrected chi connectivity index (χ4v) is 3.44. The van der Waals surface area contributed by atoms with Crippen molar-refractivity contribution < 1.29 is 22.7 Å². The van der Waals surface area contributed by atoms with Gasteiger partial charge in [-0.2, -0.15) is 0 Å². The summed E-state index contributed by atoms with van der Waals surface area (Å²) in [5, 5.41) is 10.7. The summed E-state index contributed by atoms with van der Waals surface area (Å²) in [6, 6.07) is 10.6. The van der Waals surface area contributed by atoms with Crippen molar-refractivity contribution in [3.8, 4) is 11.5 Å². The average molecular weight is 405 g/mol. The van der Waals surface area contributed by atoms with Crippen LogP contribution in [0.4, 0.5) is 10.5 Å². The number of rotatable bonds is 5. The molecule has 1 atom stereocenters. The number of amides is 2. The first-order valence-corrected chi connectivity index (χ1v) is 10.4. The summed E-state index contributed by atoms with van der Waals surface area (Å²) >= 11 is 0. The second-order valence-electron chi connectivity index (χ2n) is 6.79. The number of primary sulfonamides is 1. The Morgan fingerprint density at radius 3 is 2.29 bits per heavy atom. The Bertz CT molecular complexity index is 958. The summed E-state index contributed by atoms with van der Waals surface area (Å²) < 4.78 is 33.8. The van der Waals surface area contributed by atoms with Gasteiger partial charge in [0, 0.05) is 5.69 Å². The zero-order chi connectivity index (χ0) is 20.3. The molecule has 9 heteroatoms. The Kier molecular flexibility index (Phi) is 5.76. The van der Waals surface area contributed by atoms with Crippen molar-refractivity contribution in [3.05, 3.63) is 48.0 Å². The Morgan fingerprint density at radius 1 is 1.04 bits per heavy atom. The second kappa shape index (κ2) is 8.07. The summed E-state index contributed by atoms with van der Waals surface area (Å²) in [4.78, 5) is 12.4. The molecule has 2 amide bonds. The third-order valence-electron chi connectivity index (χ3n) is 4.32. The van der Waals surface area contributed by atoms with E-state index in [1.54, 1.807) is 0 Å². The summed E-state index contributed by atoms with van der Waals surface area (Å²) in [5.74, 6) is 1.48. The predicted molar refractivity (Wildman–Crippen MR) is 105 cm³/mol. The van der Waals surface area contributed by atoms with E-state index in [-0.39, 0.29) is 16.9 Å². The number of sulfonamides is 1. The molecule has 2 aromatic carbocycles. The van der Waals surface area contributed by atoms with Gasteiger partial charge >= 0.3 is 6.03 Å². The van der Waals surface area contributed by atoms with Gasteiger partial charge in [-0.1, -0.05) is 19.9 Å². The molecule has 3 rings (SSSR count). The maximum atomic E-state index is 12.5. The largest absolute Gasteiger partial charge is 0.486 e. The lowest BCUT2D eigenvalue weighted by atomic mass is 9.95. The minimum absolute atomic E-state index is 0.0187. The monoisotopic (exact) mass is 405 g/mol. The van der Waals surface area contributed by atoms with Crippen LogP contribution in [0.15, 0.2) is 47.4 Å². The minimum atomic E-state index is -3.77. The molecule has 0 spiro atoms. The Hall–Kier alpha value is -2.78. The van der Waals surface area contributed by atoms with Gasteiger partial charge in [-0.15, -0.1) is 0 Å². The third-order valence-corrected chi connectivity index (χ3v) is 5.25. The molecule has 1 unspecified atom stereocenters. The molecule has 1 aliphatic rings. The van der Waals surface area contributed by atoms with Gasteiger partial charge in [0.05, 0.1) is 10.9 Å². The van der Waals surface area contributed by atoms with E-state index in [1.807, 2.05) is 32.0 Å². The van der Waals surface area contributed by atoms with E-state index in [1.165, 1.54) is 24.3 Å². The number of fused-ring (bicyclic) bond motifs is 1. The summed E-state index contributed by atoms with van der Waals surface area (Å²) in [6.07, 6.45) is 0. The SMILES string of the molecule is CC(C)C(NC(=O)Nc1ccc(S(N)(=O)=O)cc1)c1ccc2c(c1)OCCO2. The first kappa shape index (κ1) is 20.0. The molecule has 0 fully saturated rings. The number of nitrogens with one attached hydrogen (secondary N) is 2. The van der Waals surface area contributed by atoms with Gasteiger partial charge in [0.25, 0.3) is 0 Å². The molecular formula is C19H23N3O5S. The van der Waals surface area contributed by atoms with Crippen molar-refractivity contribution in [3.63, 3.8) is 0 Å². The summed E-state index contributed by atoms with van der Waals surface area (Å²) in [7, 11) is -3.77. The number of anilines is 1. The number of carbonyl (C=O) groups is 1. The molecule has 1 aliphatic heterocycles.